The molecular formula is C9H9ClN2O. The number of nitrogens with two attached hydrogens (primary N) is 1. The first kappa shape index (κ1) is 9.69. The minimum absolute atomic E-state index is 0.341. The summed E-state index contributed by atoms with van der Waals surface area (Å²) in [4.78, 5) is 4.03. The maximum absolute atomic E-state index is 5.79. The lowest BCUT2D eigenvalue weighted by Gasteiger charge is -2.03. The van der Waals surface area contributed by atoms with Crippen LogP contribution in [0.1, 0.15) is 12.6 Å². The van der Waals surface area contributed by atoms with Crippen molar-refractivity contribution in [2.75, 3.05) is 12.8 Å². The number of hydrogen-bond donors (Lipinski definition) is 1. The fraction of sp³-hybridized carbons (Fsp3) is 0.222. The summed E-state index contributed by atoms with van der Waals surface area (Å²) < 4.78 is 4.92. The van der Waals surface area contributed by atoms with Gasteiger partial charge < -0.3 is 10.5 Å². The standard InChI is InChI=1S/C9H9ClN2O/c1-3-4-8-7(11)5-6(10)9(12-8)13-2/h5H,11H2,1-2H3. The summed E-state index contributed by atoms with van der Waals surface area (Å²) in [6, 6.07) is 1.58. The van der Waals surface area contributed by atoms with E-state index in [1.54, 1.807) is 13.0 Å². The number of ether oxygens (including phenoxy) is 1. The van der Waals surface area contributed by atoms with Crippen LogP contribution in [0.2, 0.25) is 5.02 Å². The molecule has 0 aliphatic heterocycles. The second kappa shape index (κ2) is 4.01. The molecular weight excluding hydrogens is 188 g/mol. The van der Waals surface area contributed by atoms with E-state index in [9.17, 15) is 0 Å². The van der Waals surface area contributed by atoms with Gasteiger partial charge in [-0.1, -0.05) is 17.5 Å². The molecule has 1 rings (SSSR count). The highest BCUT2D eigenvalue weighted by atomic mass is 35.5. The Morgan fingerprint density at radius 3 is 2.85 bits per heavy atom. The highest BCUT2D eigenvalue weighted by molar-refractivity contribution is 6.32. The topological polar surface area (TPSA) is 48.1 Å². The fourth-order valence-electron chi connectivity index (χ4n) is 0.848. The Labute approximate surface area is 81.9 Å². The SMILES string of the molecule is CC#Cc1nc(OC)c(Cl)cc1N. The minimum atomic E-state index is 0.341. The summed E-state index contributed by atoms with van der Waals surface area (Å²) in [5.74, 6) is 5.80. The Morgan fingerprint density at radius 2 is 2.31 bits per heavy atom. The zero-order valence-corrected chi connectivity index (χ0v) is 8.14. The Bertz CT molecular complexity index is 379. The van der Waals surface area contributed by atoms with E-state index in [0.717, 1.165) is 0 Å². The van der Waals surface area contributed by atoms with E-state index in [-0.39, 0.29) is 0 Å². The van der Waals surface area contributed by atoms with E-state index in [2.05, 4.69) is 16.8 Å². The summed E-state index contributed by atoms with van der Waals surface area (Å²) in [6.45, 7) is 1.71. The first-order valence-corrected chi connectivity index (χ1v) is 3.99. The molecule has 0 atom stereocenters. The van der Waals surface area contributed by atoms with Crippen molar-refractivity contribution < 1.29 is 4.74 Å². The molecule has 0 saturated heterocycles. The van der Waals surface area contributed by atoms with Crippen LogP contribution < -0.4 is 10.5 Å². The van der Waals surface area contributed by atoms with Gasteiger partial charge in [-0.05, 0) is 18.9 Å². The summed E-state index contributed by atoms with van der Waals surface area (Å²) in [5.41, 5.74) is 6.57. The highest BCUT2D eigenvalue weighted by Gasteiger charge is 2.06. The van der Waals surface area contributed by atoms with Gasteiger partial charge in [0.2, 0.25) is 5.88 Å². The summed E-state index contributed by atoms with van der Waals surface area (Å²) in [6.07, 6.45) is 0. The number of halogens is 1. The molecule has 1 aromatic heterocycles. The van der Waals surface area contributed by atoms with Gasteiger partial charge in [-0.3, -0.25) is 0 Å². The van der Waals surface area contributed by atoms with E-state index >= 15 is 0 Å². The average molecular weight is 197 g/mol. The Morgan fingerprint density at radius 1 is 1.62 bits per heavy atom. The smallest absolute Gasteiger partial charge is 0.233 e. The molecule has 0 bridgehead atoms. The second-order valence-corrected chi connectivity index (χ2v) is 2.70. The molecule has 0 radical (unpaired) electrons. The molecule has 0 unspecified atom stereocenters. The Balaban J connectivity index is 3.27. The van der Waals surface area contributed by atoms with E-state index in [1.807, 2.05) is 0 Å². The van der Waals surface area contributed by atoms with Gasteiger partial charge in [0.25, 0.3) is 0 Å². The summed E-state index contributed by atoms with van der Waals surface area (Å²) >= 11 is 5.79. The maximum atomic E-state index is 5.79. The van der Waals surface area contributed by atoms with Crippen molar-refractivity contribution in [1.82, 2.24) is 4.98 Å². The fourth-order valence-corrected chi connectivity index (χ4v) is 1.08. The van der Waals surface area contributed by atoms with Crippen molar-refractivity contribution in [2.45, 2.75) is 6.92 Å². The molecule has 2 N–H and O–H groups in total. The molecule has 0 saturated carbocycles. The van der Waals surface area contributed by atoms with E-state index < -0.39 is 0 Å². The molecule has 1 aromatic rings. The molecule has 0 amide bonds. The van der Waals surface area contributed by atoms with Crippen LogP contribution in [0.5, 0.6) is 5.88 Å². The normalized spacial score (nSPS) is 8.85. The predicted octanol–water partition coefficient (Wildman–Crippen LogP) is 1.70. The largest absolute Gasteiger partial charge is 0.480 e. The molecule has 4 heteroatoms. The molecule has 1 heterocycles. The van der Waals surface area contributed by atoms with Crippen LogP contribution in [-0.2, 0) is 0 Å². The molecule has 68 valence electrons. The number of methoxy groups -OCH3 is 1. The van der Waals surface area contributed by atoms with Crippen LogP contribution >= 0.6 is 11.6 Å². The monoisotopic (exact) mass is 196 g/mol. The van der Waals surface area contributed by atoms with Gasteiger partial charge in [-0.15, -0.1) is 0 Å². The van der Waals surface area contributed by atoms with E-state index in [1.165, 1.54) is 7.11 Å². The number of pyridine rings is 1. The van der Waals surface area contributed by atoms with Crippen molar-refractivity contribution in [1.29, 1.82) is 0 Å². The average Bonchev–Trinajstić information content (AvgIpc) is 2.10. The molecule has 3 nitrogen and oxygen atoms in total. The number of rotatable bonds is 1. The van der Waals surface area contributed by atoms with Crippen molar-refractivity contribution in [3.63, 3.8) is 0 Å². The molecule has 0 aliphatic carbocycles. The molecule has 0 aliphatic rings. The van der Waals surface area contributed by atoms with Crippen LogP contribution in [0, 0.1) is 11.8 Å². The zero-order chi connectivity index (χ0) is 9.84. The van der Waals surface area contributed by atoms with Gasteiger partial charge >= 0.3 is 0 Å². The first-order valence-electron chi connectivity index (χ1n) is 3.61. The summed E-state index contributed by atoms with van der Waals surface area (Å²) in [5, 5.41) is 0.390. The number of hydrogen-bond acceptors (Lipinski definition) is 3. The third kappa shape index (κ3) is 2.04. The van der Waals surface area contributed by atoms with Gasteiger partial charge in [-0.25, -0.2) is 4.98 Å². The third-order valence-corrected chi connectivity index (χ3v) is 1.68. The molecule has 0 fully saturated rings. The Hall–Kier alpha value is -1.40. The van der Waals surface area contributed by atoms with Gasteiger partial charge in [0, 0.05) is 0 Å². The lowest BCUT2D eigenvalue weighted by atomic mass is 10.3. The zero-order valence-electron chi connectivity index (χ0n) is 7.39. The number of aromatic nitrogens is 1. The van der Waals surface area contributed by atoms with Crippen molar-refractivity contribution in [3.8, 4) is 17.7 Å². The van der Waals surface area contributed by atoms with Crippen molar-refractivity contribution in [3.05, 3.63) is 16.8 Å². The molecule has 0 aromatic carbocycles. The van der Waals surface area contributed by atoms with E-state index in [4.69, 9.17) is 22.1 Å². The van der Waals surface area contributed by atoms with Gasteiger partial charge in [0.05, 0.1) is 12.8 Å². The number of nitrogens with zero attached hydrogens (tertiary/aromatic N) is 1. The van der Waals surface area contributed by atoms with Crippen LogP contribution in [0.25, 0.3) is 0 Å². The minimum Gasteiger partial charge on any atom is -0.480 e. The lowest BCUT2D eigenvalue weighted by Crippen LogP contribution is -1.97. The number of anilines is 1. The first-order chi connectivity index (χ1) is 6.19. The second-order valence-electron chi connectivity index (χ2n) is 2.29. The van der Waals surface area contributed by atoms with Crippen molar-refractivity contribution >= 4 is 17.3 Å². The van der Waals surface area contributed by atoms with Gasteiger partial charge in [-0.2, -0.15) is 0 Å². The summed E-state index contributed by atoms with van der Waals surface area (Å²) in [7, 11) is 1.49. The van der Waals surface area contributed by atoms with Crippen LogP contribution in [-0.4, -0.2) is 12.1 Å². The molecule has 0 spiro atoms. The number of nitrogen functional groups attached to an aromatic ring is 1. The van der Waals surface area contributed by atoms with Crippen molar-refractivity contribution in [2.24, 2.45) is 0 Å². The van der Waals surface area contributed by atoms with Gasteiger partial charge in [0.15, 0.2) is 0 Å². The highest BCUT2D eigenvalue weighted by Crippen LogP contribution is 2.25. The van der Waals surface area contributed by atoms with Gasteiger partial charge in [0.1, 0.15) is 10.7 Å². The third-order valence-electron chi connectivity index (χ3n) is 1.41. The van der Waals surface area contributed by atoms with Crippen LogP contribution in [0.3, 0.4) is 0 Å². The van der Waals surface area contributed by atoms with E-state index in [0.29, 0.717) is 22.3 Å². The van der Waals surface area contributed by atoms with Crippen LogP contribution in [0.15, 0.2) is 6.07 Å². The molecule has 13 heavy (non-hydrogen) atoms. The quantitative estimate of drug-likeness (QED) is 0.696. The van der Waals surface area contributed by atoms with Crippen LogP contribution in [0.4, 0.5) is 5.69 Å². The lowest BCUT2D eigenvalue weighted by molar-refractivity contribution is 0.398. The maximum Gasteiger partial charge on any atom is 0.233 e. The predicted molar refractivity (Wildman–Crippen MR) is 52.8 cm³/mol. The Kier molecular flexibility index (Phi) is 2.99.